The topological polar surface area (TPSA) is 145 Å². The molecule has 1 aliphatic carbocycles. The van der Waals surface area contributed by atoms with Gasteiger partial charge in [0.2, 0.25) is 5.91 Å². The lowest BCUT2D eigenvalue weighted by atomic mass is 9.80. The molecule has 0 radical (unpaired) electrons. The molecule has 9 nitrogen and oxygen atoms in total. The minimum Gasteiger partial charge on any atom is -0.489 e. The van der Waals surface area contributed by atoms with Gasteiger partial charge in [-0.25, -0.2) is 9.37 Å². The Kier molecular flexibility index (Phi) is 6.90. The van der Waals surface area contributed by atoms with Gasteiger partial charge >= 0.3 is 0 Å². The highest BCUT2D eigenvalue weighted by molar-refractivity contribution is 6.01. The number of amides is 1. The van der Waals surface area contributed by atoms with E-state index in [4.69, 9.17) is 15.2 Å². The van der Waals surface area contributed by atoms with Crippen LogP contribution in [0, 0.1) is 5.82 Å². The summed E-state index contributed by atoms with van der Waals surface area (Å²) in [5.41, 5.74) is 4.81. The summed E-state index contributed by atoms with van der Waals surface area (Å²) in [6, 6.07) is 14.1. The number of Topliss-reactive ketones (excluding diaryl/α,β-unsaturated/α-hetero) is 1. The number of carbonyl (C=O) groups is 2. The molecular weight excluding hydrogens is 541 g/mol. The number of aliphatic hydroxyl groups excluding tert-OH is 1. The van der Waals surface area contributed by atoms with E-state index in [0.29, 0.717) is 22.4 Å². The molecule has 0 unspecified atom stereocenters. The van der Waals surface area contributed by atoms with Crippen LogP contribution in [0.1, 0.15) is 54.2 Å². The number of hydrogen-bond donors (Lipinski definition) is 3. The molecule has 1 aliphatic heterocycles. The van der Waals surface area contributed by atoms with Crippen LogP contribution >= 0.6 is 0 Å². The maximum Gasteiger partial charge on any atom is 0.234 e. The second-order valence-corrected chi connectivity index (χ2v) is 11.2. The second kappa shape index (κ2) is 10.5. The molecule has 6 rings (SSSR count). The predicted octanol–water partition coefficient (Wildman–Crippen LogP) is 3.96. The van der Waals surface area contributed by atoms with Crippen molar-refractivity contribution in [3.63, 3.8) is 0 Å². The van der Waals surface area contributed by atoms with E-state index in [1.807, 2.05) is 6.07 Å². The second-order valence-electron chi connectivity index (χ2n) is 11.2. The van der Waals surface area contributed by atoms with Crippen molar-refractivity contribution in [1.29, 1.82) is 0 Å². The normalized spacial score (nSPS) is 19.1. The molecule has 1 amide bonds. The number of benzene rings is 2. The van der Waals surface area contributed by atoms with Crippen molar-refractivity contribution >= 4 is 22.6 Å². The zero-order valence-corrected chi connectivity index (χ0v) is 23.0. The largest absolute Gasteiger partial charge is 0.489 e. The van der Waals surface area contributed by atoms with Gasteiger partial charge in [0.15, 0.2) is 5.78 Å². The Morgan fingerprint density at radius 1 is 1.19 bits per heavy atom. The summed E-state index contributed by atoms with van der Waals surface area (Å²) < 4.78 is 25.5. The summed E-state index contributed by atoms with van der Waals surface area (Å²) in [6.45, 7) is 0.691. The van der Waals surface area contributed by atoms with Crippen molar-refractivity contribution in [3.8, 4) is 22.8 Å². The average molecular weight is 572 g/mol. The van der Waals surface area contributed by atoms with Crippen molar-refractivity contribution in [2.24, 2.45) is 5.73 Å². The first kappa shape index (κ1) is 27.7. The number of nitrogens with zero attached hydrogens (tertiary/aromatic N) is 2. The Morgan fingerprint density at radius 3 is 2.64 bits per heavy atom. The molecule has 4 aromatic rings. The Labute approximate surface area is 241 Å². The molecule has 2 atom stereocenters. The van der Waals surface area contributed by atoms with Gasteiger partial charge in [0, 0.05) is 34.7 Å². The van der Waals surface area contributed by atoms with Gasteiger partial charge in [0.25, 0.3) is 0 Å². The summed E-state index contributed by atoms with van der Waals surface area (Å²) in [7, 11) is 0. The zero-order chi connectivity index (χ0) is 29.6. The molecule has 216 valence electrons. The highest BCUT2D eigenvalue weighted by Gasteiger charge is 2.48. The van der Waals surface area contributed by atoms with Crippen LogP contribution in [0.4, 0.5) is 4.39 Å². The van der Waals surface area contributed by atoms with Gasteiger partial charge in [-0.05, 0) is 74.7 Å². The molecule has 10 heteroatoms. The summed E-state index contributed by atoms with van der Waals surface area (Å²) in [5.74, 6) is -0.669. The third kappa shape index (κ3) is 4.97. The zero-order valence-electron chi connectivity index (χ0n) is 23.0. The quantitative estimate of drug-likeness (QED) is 0.243. The number of hydrogen-bond acceptors (Lipinski definition) is 8. The number of ketones is 1. The number of nitrogens with two attached hydrogens (primary N) is 1. The lowest BCUT2D eigenvalue weighted by Crippen LogP contribution is -2.46. The molecule has 0 bridgehead atoms. The minimum absolute atomic E-state index is 0.00603. The van der Waals surface area contributed by atoms with Gasteiger partial charge in [-0.15, -0.1) is 0 Å². The van der Waals surface area contributed by atoms with Crippen LogP contribution in [0.5, 0.6) is 11.5 Å². The van der Waals surface area contributed by atoms with Crippen LogP contribution in [-0.4, -0.2) is 51.2 Å². The van der Waals surface area contributed by atoms with Crippen molar-refractivity contribution < 1.29 is 33.7 Å². The molecule has 0 spiro atoms. The van der Waals surface area contributed by atoms with Crippen LogP contribution in [0.15, 0.2) is 60.8 Å². The van der Waals surface area contributed by atoms with Gasteiger partial charge in [0.1, 0.15) is 46.1 Å². The fourth-order valence-electron chi connectivity index (χ4n) is 5.20. The third-order valence-electron chi connectivity index (χ3n) is 8.01. The molecule has 0 saturated heterocycles. The van der Waals surface area contributed by atoms with Gasteiger partial charge in [-0.2, -0.15) is 0 Å². The van der Waals surface area contributed by atoms with E-state index in [0.717, 1.165) is 18.2 Å². The molecule has 2 aromatic carbocycles. The van der Waals surface area contributed by atoms with Crippen molar-refractivity contribution in [2.75, 3.05) is 13.2 Å². The number of carbonyl (C=O) groups excluding carboxylic acids is 2. The van der Waals surface area contributed by atoms with E-state index >= 15 is 0 Å². The highest BCUT2D eigenvalue weighted by atomic mass is 19.1. The van der Waals surface area contributed by atoms with E-state index in [9.17, 15) is 24.2 Å². The van der Waals surface area contributed by atoms with Gasteiger partial charge < -0.3 is 25.4 Å². The highest BCUT2D eigenvalue weighted by Crippen LogP contribution is 2.46. The first-order valence-electron chi connectivity index (χ1n) is 13.8. The molecule has 2 aromatic heterocycles. The molecule has 4 N–H and O–H groups in total. The molecule has 3 heterocycles. The predicted molar refractivity (Wildman–Crippen MR) is 152 cm³/mol. The van der Waals surface area contributed by atoms with Crippen LogP contribution < -0.4 is 15.2 Å². The van der Waals surface area contributed by atoms with Crippen LogP contribution in [0.3, 0.4) is 0 Å². The summed E-state index contributed by atoms with van der Waals surface area (Å²) in [4.78, 5) is 35.0. The van der Waals surface area contributed by atoms with E-state index in [-0.39, 0.29) is 54.0 Å². The van der Waals surface area contributed by atoms with Gasteiger partial charge in [-0.3, -0.25) is 14.6 Å². The van der Waals surface area contributed by atoms with Crippen molar-refractivity contribution in [3.05, 3.63) is 83.4 Å². The van der Waals surface area contributed by atoms with Gasteiger partial charge in [0.05, 0.1) is 18.4 Å². The van der Waals surface area contributed by atoms with E-state index in [1.165, 1.54) is 37.3 Å². The lowest BCUT2D eigenvalue weighted by Gasteiger charge is -2.26. The fourth-order valence-corrected chi connectivity index (χ4v) is 5.20. The standard InChI is InChI=1S/C32H30FN3O6/c1-31(40,11-10-24(38)20-13-19-3-2-12-35-27(19)25(14-20)42-22-8-9-22)26-15-23-29(41-17-32(23,16-37)30(34)39)28(36-26)18-4-6-21(33)7-5-18/h2-7,12-15,22,37,40H,8-11,16-17H2,1H3,(H2,34,39)/t31-,32-/m0/s1. The maximum absolute atomic E-state index is 13.7. The van der Waals surface area contributed by atoms with E-state index in [1.54, 1.807) is 24.4 Å². The SMILES string of the molecule is C[C@](O)(CCC(=O)c1cc(OC2CC2)c2ncccc2c1)c1cc2c(c(-c3ccc(F)cc3)n1)OC[C@]2(CO)C(N)=O. The number of pyridine rings is 2. The van der Waals surface area contributed by atoms with Crippen LogP contribution in [-0.2, 0) is 15.8 Å². The van der Waals surface area contributed by atoms with Crippen LogP contribution in [0.2, 0.25) is 0 Å². The number of aromatic nitrogens is 2. The number of halogens is 1. The summed E-state index contributed by atoms with van der Waals surface area (Å²) >= 11 is 0. The summed E-state index contributed by atoms with van der Waals surface area (Å²) in [5, 5.41) is 22.6. The van der Waals surface area contributed by atoms with E-state index < -0.39 is 29.3 Å². The number of rotatable bonds is 10. The smallest absolute Gasteiger partial charge is 0.234 e. The molecule has 1 saturated carbocycles. The number of ether oxygens (including phenoxy) is 2. The molecule has 42 heavy (non-hydrogen) atoms. The minimum atomic E-state index is -1.63. The number of fused-ring (bicyclic) bond motifs is 2. The third-order valence-corrected chi connectivity index (χ3v) is 8.01. The number of aliphatic hydroxyl groups is 2. The lowest BCUT2D eigenvalue weighted by molar-refractivity contribution is -0.125. The molecule has 1 fully saturated rings. The monoisotopic (exact) mass is 571 g/mol. The molecule has 2 aliphatic rings. The molecular formula is C32H30FN3O6. The van der Waals surface area contributed by atoms with E-state index in [2.05, 4.69) is 9.97 Å². The van der Waals surface area contributed by atoms with Gasteiger partial charge in [-0.1, -0.05) is 6.07 Å². The Balaban J connectivity index is 1.33. The average Bonchev–Trinajstić information content (AvgIpc) is 3.72. The Hall–Kier alpha value is -4.41. The fraction of sp³-hybridized carbons (Fsp3) is 0.312. The Morgan fingerprint density at radius 2 is 1.95 bits per heavy atom. The Bertz CT molecular complexity index is 1700. The van der Waals surface area contributed by atoms with Crippen LogP contribution in [0.25, 0.3) is 22.2 Å². The summed E-state index contributed by atoms with van der Waals surface area (Å²) in [6.07, 6.45) is 3.69. The first-order chi connectivity index (χ1) is 20.1. The van der Waals surface area contributed by atoms with Crippen molar-refractivity contribution in [2.45, 2.75) is 49.7 Å². The number of primary amides is 1. The first-order valence-corrected chi connectivity index (χ1v) is 13.8. The maximum atomic E-state index is 13.7. The van der Waals surface area contributed by atoms with Crippen molar-refractivity contribution in [1.82, 2.24) is 9.97 Å².